The zero-order chi connectivity index (χ0) is 54.9. The molecule has 0 radical (unpaired) electrons. The Hall–Kier alpha value is -11.1. The molecule has 75 heavy (non-hydrogen) atoms. The number of hydrogen-bond donors (Lipinski definition) is 10. The Kier molecular flexibility index (Phi) is 18.4. The quantitative estimate of drug-likeness (QED) is 0.0360. The lowest BCUT2D eigenvalue weighted by Crippen LogP contribution is -2.21. The van der Waals surface area contributed by atoms with Gasteiger partial charge in [-0.3, -0.25) is 24.0 Å². The average Bonchev–Trinajstić information content (AvgIpc) is 3.36. The zero-order valence-electron chi connectivity index (χ0n) is 38.2. The van der Waals surface area contributed by atoms with Crippen LogP contribution in [-0.2, 0) is 33.5 Å². The zero-order valence-corrected chi connectivity index (χ0v) is 38.2. The van der Waals surface area contributed by atoms with Crippen molar-refractivity contribution in [2.24, 2.45) is 0 Å². The third kappa shape index (κ3) is 16.0. The van der Waals surface area contributed by atoms with Gasteiger partial charge in [0.15, 0.2) is 38.7 Å². The number of nitrogens with one attached hydrogen (secondary N) is 5. The van der Waals surface area contributed by atoms with Gasteiger partial charge in [0.05, 0.1) is 7.11 Å². The summed E-state index contributed by atoms with van der Waals surface area (Å²) < 4.78 is 30.4. The van der Waals surface area contributed by atoms with Gasteiger partial charge >= 0.3 is 35.8 Å². The number of nitrogens with zero attached hydrogens (tertiary/aromatic N) is 5. The largest absolute Gasteiger partial charge is 0.479 e. The molecular formula is C43H36N10O22. The molecule has 10 N–H and O–H groups in total. The monoisotopic (exact) mass is 1040 g/mol. The topological polar surface area (TPSA) is 469 Å². The lowest BCUT2D eigenvalue weighted by atomic mass is 10.2. The number of esters is 1. The normalized spacial score (nSPS) is 10.3. The Labute approximate surface area is 417 Å². The van der Waals surface area contributed by atoms with Crippen LogP contribution in [0, 0.1) is 0 Å². The Balaban J connectivity index is 1.38. The Bertz CT molecular complexity index is 3130. The van der Waals surface area contributed by atoms with E-state index in [1.54, 1.807) is 0 Å². The van der Waals surface area contributed by atoms with E-state index in [-0.39, 0.29) is 34.1 Å². The lowest BCUT2D eigenvalue weighted by molar-refractivity contribution is -0.140. The van der Waals surface area contributed by atoms with Crippen molar-refractivity contribution in [3.63, 3.8) is 0 Å². The molecule has 5 aromatic rings. The van der Waals surface area contributed by atoms with Gasteiger partial charge < -0.3 is 80.5 Å². The molecule has 0 atom stereocenters. The van der Waals surface area contributed by atoms with E-state index in [0.29, 0.717) is 0 Å². The standard InChI is InChI=1S/C43H36N10O22/c1-18(54)44-23-7-3-19(49-38(23)71-13-29(55)56)34(65)45-24-8-4-20(50-39(24)72-14-30(57)58)35(66)46-25-9-5-21(51-40(25)73-15-31(59)60)36(67)47-26-10-6-22(52-41(26)74-16-32(61)62)37(68)48-27-11-12-28(43(69)70-2)53-42(27)75-17-33(63)64/h3-12H,13-17H2,1-2H3,(H,44,54)(H,45,65)(H,46,66)(H,47,67)(H,48,68)(H,55,56)(H,57,58)(H,59,60)(H,61,62)(H,63,64). The van der Waals surface area contributed by atoms with Gasteiger partial charge in [-0.25, -0.2) is 53.7 Å². The van der Waals surface area contributed by atoms with E-state index < -0.39 is 151 Å². The number of pyridine rings is 5. The summed E-state index contributed by atoms with van der Waals surface area (Å²) >= 11 is 0. The molecule has 32 nitrogen and oxygen atoms in total. The highest BCUT2D eigenvalue weighted by Crippen LogP contribution is 2.30. The van der Waals surface area contributed by atoms with E-state index in [4.69, 9.17) is 33.9 Å². The van der Waals surface area contributed by atoms with E-state index >= 15 is 0 Å². The number of anilines is 5. The molecule has 0 saturated carbocycles. The average molecular weight is 1040 g/mol. The minimum Gasteiger partial charge on any atom is -0.479 e. The molecule has 32 heteroatoms. The van der Waals surface area contributed by atoms with Crippen molar-refractivity contribution in [1.82, 2.24) is 24.9 Å². The van der Waals surface area contributed by atoms with Gasteiger partial charge in [0.1, 0.15) is 51.2 Å². The summed E-state index contributed by atoms with van der Waals surface area (Å²) in [6, 6.07) is 10.8. The molecule has 0 aliphatic carbocycles. The van der Waals surface area contributed by atoms with Crippen molar-refractivity contribution < 1.29 is 107 Å². The molecular weight excluding hydrogens is 1010 g/mol. The number of carboxylic acid groups (broad SMARTS) is 5. The number of carbonyl (C=O) groups is 11. The number of carbonyl (C=O) groups excluding carboxylic acids is 6. The van der Waals surface area contributed by atoms with Gasteiger partial charge in [0.2, 0.25) is 35.3 Å². The fourth-order valence-electron chi connectivity index (χ4n) is 5.54. The predicted octanol–water partition coefficient (Wildman–Crippen LogP) is 0.733. The summed E-state index contributed by atoms with van der Waals surface area (Å²) in [6.45, 7) is -3.85. The number of methoxy groups -OCH3 is 1. The summed E-state index contributed by atoms with van der Waals surface area (Å²) in [5.41, 5.74) is -3.59. The first-order valence-electron chi connectivity index (χ1n) is 20.5. The van der Waals surface area contributed by atoms with E-state index in [0.717, 1.165) is 68.6 Å². The molecule has 0 fully saturated rings. The van der Waals surface area contributed by atoms with Crippen LogP contribution >= 0.6 is 0 Å². The molecule has 0 aromatic carbocycles. The van der Waals surface area contributed by atoms with Crippen LogP contribution < -0.4 is 50.3 Å². The summed E-state index contributed by atoms with van der Waals surface area (Å²) in [4.78, 5) is 154. The van der Waals surface area contributed by atoms with Gasteiger partial charge in [-0.1, -0.05) is 0 Å². The highest BCUT2D eigenvalue weighted by Gasteiger charge is 2.24. The van der Waals surface area contributed by atoms with E-state index in [9.17, 15) is 68.1 Å². The first-order valence-corrected chi connectivity index (χ1v) is 20.5. The second-order valence-electron chi connectivity index (χ2n) is 14.1. The maximum atomic E-state index is 13.6. The van der Waals surface area contributed by atoms with Crippen molar-refractivity contribution in [1.29, 1.82) is 0 Å². The van der Waals surface area contributed by atoms with Crippen LogP contribution in [0.2, 0.25) is 0 Å². The molecule has 5 amide bonds. The fourth-order valence-corrected chi connectivity index (χ4v) is 5.54. The molecule has 0 saturated heterocycles. The molecule has 5 heterocycles. The molecule has 0 aliphatic rings. The Morgan fingerprint density at radius 3 is 0.787 bits per heavy atom. The minimum atomic E-state index is -1.53. The van der Waals surface area contributed by atoms with E-state index in [2.05, 4.69) is 56.2 Å². The maximum Gasteiger partial charge on any atom is 0.356 e. The molecule has 0 aliphatic heterocycles. The summed E-state index contributed by atoms with van der Waals surface area (Å²) in [5, 5.41) is 57.8. The molecule has 0 bridgehead atoms. The van der Waals surface area contributed by atoms with E-state index in [1.165, 1.54) is 6.07 Å². The first-order chi connectivity index (χ1) is 35.6. The lowest BCUT2D eigenvalue weighted by Gasteiger charge is -2.15. The van der Waals surface area contributed by atoms with Crippen molar-refractivity contribution >= 4 is 93.8 Å². The second-order valence-corrected chi connectivity index (χ2v) is 14.1. The van der Waals surface area contributed by atoms with Gasteiger partial charge in [0.25, 0.3) is 23.6 Å². The second kappa shape index (κ2) is 25.2. The maximum absolute atomic E-state index is 13.6. The molecule has 0 spiro atoms. The fraction of sp³-hybridized carbons (Fsp3) is 0.163. The van der Waals surface area contributed by atoms with Crippen LogP contribution in [0.3, 0.4) is 0 Å². The number of ether oxygens (including phenoxy) is 6. The van der Waals surface area contributed by atoms with Crippen LogP contribution in [0.1, 0.15) is 59.4 Å². The van der Waals surface area contributed by atoms with Crippen LogP contribution in [0.25, 0.3) is 0 Å². The minimum absolute atomic E-state index is 0.0797. The number of rotatable bonds is 25. The number of amides is 5. The summed E-state index contributed by atoms with van der Waals surface area (Å²) in [5.74, 6) is -16.0. The highest BCUT2D eigenvalue weighted by molar-refractivity contribution is 6.08. The third-order valence-electron chi connectivity index (χ3n) is 8.59. The first kappa shape index (κ1) is 54.9. The molecule has 0 unspecified atom stereocenters. The highest BCUT2D eigenvalue weighted by atomic mass is 16.5. The summed E-state index contributed by atoms with van der Waals surface area (Å²) in [6.07, 6.45) is 0. The van der Waals surface area contributed by atoms with Crippen molar-refractivity contribution in [3.05, 3.63) is 89.1 Å². The van der Waals surface area contributed by atoms with Gasteiger partial charge in [-0.15, -0.1) is 0 Å². The molecule has 5 rings (SSSR count). The number of carboxylic acids is 5. The van der Waals surface area contributed by atoms with Crippen LogP contribution in [0.4, 0.5) is 28.4 Å². The SMILES string of the molecule is COC(=O)c1ccc(NC(=O)c2ccc(NC(=O)c3ccc(NC(=O)c4ccc(NC(=O)c5ccc(NC(C)=O)c(OCC(=O)O)n5)c(OCC(=O)O)n4)c(OCC(=O)O)n3)c(OCC(=O)O)n2)c(OCC(=O)O)n1. The summed E-state index contributed by atoms with van der Waals surface area (Å²) in [7, 11) is 1.06. The van der Waals surface area contributed by atoms with Crippen molar-refractivity contribution in [2.75, 3.05) is 66.7 Å². The van der Waals surface area contributed by atoms with Crippen molar-refractivity contribution in [2.45, 2.75) is 6.92 Å². The smallest absolute Gasteiger partial charge is 0.356 e. The van der Waals surface area contributed by atoms with Gasteiger partial charge in [-0.2, -0.15) is 0 Å². The van der Waals surface area contributed by atoms with E-state index in [1.807, 2.05) is 0 Å². The number of aromatic nitrogens is 5. The third-order valence-corrected chi connectivity index (χ3v) is 8.59. The van der Waals surface area contributed by atoms with Crippen molar-refractivity contribution in [3.8, 4) is 29.4 Å². The van der Waals surface area contributed by atoms with Crippen LogP contribution in [0.5, 0.6) is 29.4 Å². The number of hydrogen-bond acceptors (Lipinski definition) is 22. The molecule has 390 valence electrons. The molecule has 5 aromatic heterocycles. The van der Waals surface area contributed by atoms with Gasteiger partial charge in [0, 0.05) is 6.92 Å². The number of aliphatic carboxylic acids is 5. The van der Waals surface area contributed by atoms with Crippen LogP contribution in [-0.4, -0.2) is 156 Å². The predicted molar refractivity (Wildman–Crippen MR) is 244 cm³/mol. The van der Waals surface area contributed by atoms with Crippen LogP contribution in [0.15, 0.2) is 60.7 Å². The Morgan fingerprint density at radius 2 is 0.573 bits per heavy atom. The van der Waals surface area contributed by atoms with Gasteiger partial charge in [-0.05, 0) is 60.7 Å². The Morgan fingerprint density at radius 1 is 0.360 bits per heavy atom.